The Hall–Kier alpha value is -2.58. The second kappa shape index (κ2) is 4.51. The van der Waals surface area contributed by atoms with Gasteiger partial charge in [-0.05, 0) is 13.0 Å². The Labute approximate surface area is 94.6 Å². The maximum Gasteiger partial charge on any atom is 0.272 e. The highest BCUT2D eigenvalue weighted by molar-refractivity contribution is 5.92. The minimum Gasteiger partial charge on any atom is -0.341 e. The lowest BCUT2D eigenvalue weighted by Gasteiger charge is -2.08. The Balaban J connectivity index is 2.07. The van der Waals surface area contributed by atoms with E-state index in [1.807, 2.05) is 0 Å². The smallest absolute Gasteiger partial charge is 0.272 e. The van der Waals surface area contributed by atoms with Gasteiger partial charge in [0.1, 0.15) is 5.69 Å². The van der Waals surface area contributed by atoms with E-state index in [0.29, 0.717) is 5.82 Å². The first kappa shape index (κ1) is 10.9. The van der Waals surface area contributed by atoms with Crippen LogP contribution >= 0.6 is 0 Å². The summed E-state index contributed by atoms with van der Waals surface area (Å²) in [4.78, 5) is 22.5. The maximum atomic E-state index is 11.7. The largest absolute Gasteiger partial charge is 0.341 e. The predicted molar refractivity (Wildman–Crippen MR) is 54.9 cm³/mol. The van der Waals surface area contributed by atoms with Gasteiger partial charge in [0.15, 0.2) is 5.82 Å². The zero-order chi connectivity index (χ0) is 12.3. The van der Waals surface area contributed by atoms with E-state index in [9.17, 15) is 9.59 Å². The minimum absolute atomic E-state index is 0.111. The van der Waals surface area contributed by atoms with E-state index in [0.717, 1.165) is 0 Å². The van der Waals surface area contributed by atoms with Crippen LogP contribution in [0.5, 0.6) is 0 Å². The summed E-state index contributed by atoms with van der Waals surface area (Å²) < 4.78 is 0. The molecule has 0 radical (unpaired) electrons. The van der Waals surface area contributed by atoms with Crippen LogP contribution in [-0.4, -0.2) is 36.7 Å². The minimum atomic E-state index is -0.432. The summed E-state index contributed by atoms with van der Waals surface area (Å²) >= 11 is 0. The van der Waals surface area contributed by atoms with Crippen molar-refractivity contribution in [2.75, 3.05) is 0 Å². The topological polar surface area (TPSA) is 129 Å². The van der Waals surface area contributed by atoms with Crippen LogP contribution in [0.15, 0.2) is 16.9 Å². The molecule has 0 aliphatic carbocycles. The standard InChI is InChI=1S/C8H9N7O2/c1-4(7-12-14-15-13-7)9-8(17)5-2-3-6(16)11-10-5/h2-4H,1H3,(H,9,17)(H,11,16)(H,12,13,14,15). The van der Waals surface area contributed by atoms with E-state index in [-0.39, 0.29) is 11.3 Å². The Morgan fingerprint density at radius 2 is 2.24 bits per heavy atom. The van der Waals surface area contributed by atoms with Gasteiger partial charge in [-0.15, -0.1) is 10.2 Å². The molecule has 2 heterocycles. The molecule has 1 atom stereocenters. The molecule has 9 nitrogen and oxygen atoms in total. The number of carbonyl (C=O) groups excluding carboxylic acids is 1. The number of aromatic amines is 2. The number of carbonyl (C=O) groups is 1. The van der Waals surface area contributed by atoms with Crippen LogP contribution in [0, 0.1) is 0 Å². The first-order valence-corrected chi connectivity index (χ1v) is 4.77. The summed E-state index contributed by atoms with van der Waals surface area (Å²) in [6.45, 7) is 1.70. The molecule has 0 saturated carbocycles. The number of rotatable bonds is 3. The molecule has 0 saturated heterocycles. The number of aromatic nitrogens is 6. The quantitative estimate of drug-likeness (QED) is 0.611. The zero-order valence-corrected chi connectivity index (χ0v) is 8.84. The van der Waals surface area contributed by atoms with Crippen molar-refractivity contribution < 1.29 is 4.79 Å². The fourth-order valence-electron chi connectivity index (χ4n) is 1.16. The van der Waals surface area contributed by atoms with Crippen molar-refractivity contribution in [1.29, 1.82) is 0 Å². The van der Waals surface area contributed by atoms with Gasteiger partial charge in [0, 0.05) is 6.07 Å². The Morgan fingerprint density at radius 1 is 1.41 bits per heavy atom. The predicted octanol–water partition coefficient (Wildman–Crippen LogP) is -1.23. The van der Waals surface area contributed by atoms with Gasteiger partial charge in [-0.1, -0.05) is 5.21 Å². The average Bonchev–Trinajstić information content (AvgIpc) is 2.83. The van der Waals surface area contributed by atoms with Crippen molar-refractivity contribution in [1.82, 2.24) is 36.1 Å². The number of nitrogens with zero attached hydrogens (tertiary/aromatic N) is 4. The van der Waals surface area contributed by atoms with E-state index in [1.54, 1.807) is 6.92 Å². The first-order valence-electron chi connectivity index (χ1n) is 4.77. The van der Waals surface area contributed by atoms with Crippen LogP contribution in [0.2, 0.25) is 0 Å². The molecule has 0 aliphatic heterocycles. The number of nitrogens with one attached hydrogen (secondary N) is 3. The van der Waals surface area contributed by atoms with E-state index in [2.05, 4.69) is 36.1 Å². The van der Waals surface area contributed by atoms with Crippen molar-refractivity contribution in [3.05, 3.63) is 34.0 Å². The molecule has 0 aromatic carbocycles. The van der Waals surface area contributed by atoms with Crippen molar-refractivity contribution in [2.24, 2.45) is 0 Å². The van der Waals surface area contributed by atoms with Gasteiger partial charge in [0.05, 0.1) is 6.04 Å². The third-order valence-corrected chi connectivity index (χ3v) is 2.01. The van der Waals surface area contributed by atoms with E-state index >= 15 is 0 Å². The summed E-state index contributed by atoms with van der Waals surface area (Å²) in [7, 11) is 0. The lowest BCUT2D eigenvalue weighted by atomic mass is 10.3. The molecular formula is C8H9N7O2. The van der Waals surface area contributed by atoms with Gasteiger partial charge >= 0.3 is 0 Å². The SMILES string of the molecule is CC(NC(=O)c1ccc(=O)[nH]n1)c1nn[nH]n1. The number of hydrogen-bond donors (Lipinski definition) is 3. The third-order valence-electron chi connectivity index (χ3n) is 2.01. The van der Waals surface area contributed by atoms with Gasteiger partial charge in [-0.2, -0.15) is 10.3 Å². The molecule has 17 heavy (non-hydrogen) atoms. The average molecular weight is 235 g/mol. The van der Waals surface area contributed by atoms with Crippen LogP contribution < -0.4 is 10.9 Å². The summed E-state index contributed by atoms with van der Waals surface area (Å²) in [5, 5.41) is 21.5. The van der Waals surface area contributed by atoms with Gasteiger partial charge < -0.3 is 5.32 Å². The lowest BCUT2D eigenvalue weighted by Crippen LogP contribution is -2.29. The summed E-state index contributed by atoms with van der Waals surface area (Å²) in [5.41, 5.74) is -0.257. The molecule has 88 valence electrons. The van der Waals surface area contributed by atoms with E-state index < -0.39 is 11.9 Å². The van der Waals surface area contributed by atoms with Crippen molar-refractivity contribution in [2.45, 2.75) is 13.0 Å². The molecule has 2 rings (SSSR count). The fraction of sp³-hybridized carbons (Fsp3) is 0.250. The Kier molecular flexibility index (Phi) is 2.90. The maximum absolute atomic E-state index is 11.7. The summed E-state index contributed by atoms with van der Waals surface area (Å²) in [6, 6.07) is 2.15. The second-order valence-electron chi connectivity index (χ2n) is 3.27. The van der Waals surface area contributed by atoms with Gasteiger partial charge in [0.25, 0.3) is 11.5 Å². The second-order valence-corrected chi connectivity index (χ2v) is 3.27. The van der Waals surface area contributed by atoms with Crippen molar-refractivity contribution in [3.63, 3.8) is 0 Å². The van der Waals surface area contributed by atoms with E-state index in [4.69, 9.17) is 0 Å². The van der Waals surface area contributed by atoms with Crippen LogP contribution in [0.3, 0.4) is 0 Å². The monoisotopic (exact) mass is 235 g/mol. The highest BCUT2D eigenvalue weighted by atomic mass is 16.2. The van der Waals surface area contributed by atoms with Crippen LogP contribution in [-0.2, 0) is 0 Å². The third kappa shape index (κ3) is 2.51. The molecule has 1 amide bonds. The molecule has 3 N–H and O–H groups in total. The van der Waals surface area contributed by atoms with Crippen LogP contribution in [0.1, 0.15) is 29.3 Å². The first-order chi connectivity index (χ1) is 8.16. The van der Waals surface area contributed by atoms with Gasteiger partial charge in [0.2, 0.25) is 0 Å². The fourth-order valence-corrected chi connectivity index (χ4v) is 1.16. The summed E-state index contributed by atoms with van der Waals surface area (Å²) in [6.07, 6.45) is 0. The number of hydrogen-bond acceptors (Lipinski definition) is 6. The Bertz CT molecular complexity index is 541. The van der Waals surface area contributed by atoms with Crippen molar-refractivity contribution >= 4 is 5.91 Å². The van der Waals surface area contributed by atoms with Crippen molar-refractivity contribution in [3.8, 4) is 0 Å². The molecule has 0 bridgehead atoms. The Morgan fingerprint density at radius 3 is 2.82 bits per heavy atom. The molecule has 0 spiro atoms. The molecule has 2 aromatic rings. The molecule has 0 aliphatic rings. The zero-order valence-electron chi connectivity index (χ0n) is 8.84. The van der Waals surface area contributed by atoms with Crippen LogP contribution in [0.4, 0.5) is 0 Å². The number of amides is 1. The number of H-pyrrole nitrogens is 2. The van der Waals surface area contributed by atoms with Gasteiger partial charge in [-0.3, -0.25) is 9.59 Å². The molecule has 1 unspecified atom stereocenters. The highest BCUT2D eigenvalue weighted by Crippen LogP contribution is 2.04. The molecule has 0 fully saturated rings. The molecule has 9 heteroatoms. The molecule has 2 aromatic heterocycles. The molecular weight excluding hydrogens is 226 g/mol. The normalized spacial score (nSPS) is 12.1. The number of tetrazole rings is 1. The summed E-state index contributed by atoms with van der Waals surface area (Å²) in [5.74, 6) is -0.0682. The van der Waals surface area contributed by atoms with Gasteiger partial charge in [-0.25, -0.2) is 5.10 Å². The highest BCUT2D eigenvalue weighted by Gasteiger charge is 2.15. The lowest BCUT2D eigenvalue weighted by molar-refractivity contribution is 0.0932. The van der Waals surface area contributed by atoms with Crippen LogP contribution in [0.25, 0.3) is 0 Å². The van der Waals surface area contributed by atoms with E-state index in [1.165, 1.54) is 12.1 Å².